The van der Waals surface area contributed by atoms with Crippen molar-refractivity contribution in [3.8, 4) is 5.75 Å². The van der Waals surface area contributed by atoms with Crippen LogP contribution in [0.4, 0.5) is 0 Å². The maximum absolute atomic E-state index is 6.35. The summed E-state index contributed by atoms with van der Waals surface area (Å²) in [5.74, 6) is 1.48. The van der Waals surface area contributed by atoms with Gasteiger partial charge in [-0.15, -0.1) is 0 Å². The summed E-state index contributed by atoms with van der Waals surface area (Å²) < 4.78 is 5.45. The summed E-state index contributed by atoms with van der Waals surface area (Å²) in [7, 11) is 1.71. The average Bonchev–Trinajstić information content (AvgIpc) is 2.82. The monoisotopic (exact) mass is 267 g/mol. The third-order valence-electron chi connectivity index (χ3n) is 4.17. The Morgan fingerprint density at radius 1 is 1.44 bits per heavy atom. The van der Waals surface area contributed by atoms with Gasteiger partial charge in [0.1, 0.15) is 5.75 Å². The molecule has 1 saturated heterocycles. The van der Waals surface area contributed by atoms with E-state index >= 15 is 0 Å². The summed E-state index contributed by atoms with van der Waals surface area (Å²) in [4.78, 5) is 0. The summed E-state index contributed by atoms with van der Waals surface area (Å²) in [6.07, 6.45) is 3.39. The maximum atomic E-state index is 6.35. The van der Waals surface area contributed by atoms with Crippen molar-refractivity contribution >= 4 is 11.6 Å². The van der Waals surface area contributed by atoms with Crippen LogP contribution in [0.15, 0.2) is 18.2 Å². The van der Waals surface area contributed by atoms with Crippen molar-refractivity contribution in [3.05, 3.63) is 28.8 Å². The lowest BCUT2D eigenvalue weighted by atomic mass is 9.79. The second-order valence-electron chi connectivity index (χ2n) is 5.44. The lowest BCUT2D eigenvalue weighted by molar-refractivity contribution is 0.266. The van der Waals surface area contributed by atoms with E-state index in [0.717, 1.165) is 29.3 Å². The van der Waals surface area contributed by atoms with Gasteiger partial charge in [0.25, 0.3) is 0 Å². The fourth-order valence-corrected chi connectivity index (χ4v) is 3.13. The van der Waals surface area contributed by atoms with Crippen LogP contribution in [0, 0.1) is 5.92 Å². The van der Waals surface area contributed by atoms with Gasteiger partial charge in [-0.1, -0.05) is 31.5 Å². The lowest BCUT2D eigenvalue weighted by Gasteiger charge is -2.35. The van der Waals surface area contributed by atoms with Crippen molar-refractivity contribution < 1.29 is 4.74 Å². The number of hydrogen-bond acceptors (Lipinski definition) is 2. The van der Waals surface area contributed by atoms with E-state index in [1.807, 2.05) is 18.2 Å². The van der Waals surface area contributed by atoms with Crippen molar-refractivity contribution in [2.75, 3.05) is 13.7 Å². The average molecular weight is 268 g/mol. The highest BCUT2D eigenvalue weighted by Crippen LogP contribution is 2.36. The van der Waals surface area contributed by atoms with E-state index in [9.17, 15) is 0 Å². The van der Waals surface area contributed by atoms with Gasteiger partial charge in [0.15, 0.2) is 0 Å². The number of hydrogen-bond donors (Lipinski definition) is 1. The molecule has 0 spiro atoms. The van der Waals surface area contributed by atoms with Gasteiger partial charge in [0, 0.05) is 16.1 Å². The largest absolute Gasteiger partial charge is 0.496 e. The zero-order valence-electron chi connectivity index (χ0n) is 11.4. The summed E-state index contributed by atoms with van der Waals surface area (Å²) in [6.45, 7) is 5.66. The predicted molar refractivity (Wildman–Crippen MR) is 76.5 cm³/mol. The first-order chi connectivity index (χ1) is 8.59. The smallest absolute Gasteiger partial charge is 0.123 e. The Kier molecular flexibility index (Phi) is 4.18. The molecule has 2 nitrogen and oxygen atoms in total. The van der Waals surface area contributed by atoms with Crippen LogP contribution in [0.2, 0.25) is 5.02 Å². The Bertz CT molecular complexity index is 411. The Labute approximate surface area is 115 Å². The van der Waals surface area contributed by atoms with Crippen LogP contribution in [-0.2, 0) is 6.42 Å². The van der Waals surface area contributed by atoms with E-state index in [1.165, 1.54) is 12.8 Å². The van der Waals surface area contributed by atoms with Gasteiger partial charge in [0.2, 0.25) is 0 Å². The van der Waals surface area contributed by atoms with Crippen molar-refractivity contribution in [2.24, 2.45) is 5.92 Å². The van der Waals surface area contributed by atoms with E-state index in [4.69, 9.17) is 16.3 Å². The molecule has 3 heteroatoms. The van der Waals surface area contributed by atoms with Gasteiger partial charge in [-0.25, -0.2) is 0 Å². The number of ether oxygens (including phenoxy) is 1. The molecular weight excluding hydrogens is 246 g/mol. The van der Waals surface area contributed by atoms with Gasteiger partial charge in [-0.3, -0.25) is 0 Å². The van der Waals surface area contributed by atoms with Crippen LogP contribution in [0.5, 0.6) is 5.75 Å². The molecule has 0 radical (unpaired) electrons. The van der Waals surface area contributed by atoms with Crippen molar-refractivity contribution in [1.82, 2.24) is 5.32 Å². The van der Waals surface area contributed by atoms with E-state index < -0.39 is 0 Å². The highest BCUT2D eigenvalue weighted by molar-refractivity contribution is 6.31. The molecular formula is C15H22ClNO. The van der Waals surface area contributed by atoms with Crippen LogP contribution in [0.25, 0.3) is 0 Å². The molecule has 0 amide bonds. The SMILES string of the molecule is COc1cccc(Cl)c1CC1(C(C)C)CCCN1. The fraction of sp³-hybridized carbons (Fsp3) is 0.600. The normalized spacial score (nSPS) is 23.6. The number of nitrogens with one attached hydrogen (secondary N) is 1. The molecule has 1 aliphatic heterocycles. The van der Waals surface area contributed by atoms with Crippen LogP contribution in [0.1, 0.15) is 32.3 Å². The zero-order valence-corrected chi connectivity index (χ0v) is 12.2. The third-order valence-corrected chi connectivity index (χ3v) is 4.52. The van der Waals surface area contributed by atoms with E-state index in [1.54, 1.807) is 7.11 Å². The molecule has 2 rings (SSSR count). The molecule has 1 aromatic rings. The summed E-state index contributed by atoms with van der Waals surface area (Å²) in [5, 5.41) is 4.49. The topological polar surface area (TPSA) is 21.3 Å². The molecule has 0 aliphatic carbocycles. The number of rotatable bonds is 4. The van der Waals surface area contributed by atoms with Gasteiger partial charge in [-0.2, -0.15) is 0 Å². The van der Waals surface area contributed by atoms with Crippen LogP contribution < -0.4 is 10.1 Å². The fourth-order valence-electron chi connectivity index (χ4n) is 2.89. The molecule has 1 aliphatic rings. The van der Waals surface area contributed by atoms with Gasteiger partial charge < -0.3 is 10.1 Å². The second-order valence-corrected chi connectivity index (χ2v) is 5.85. The highest BCUT2D eigenvalue weighted by atomic mass is 35.5. The molecule has 18 heavy (non-hydrogen) atoms. The minimum Gasteiger partial charge on any atom is -0.496 e. The van der Waals surface area contributed by atoms with E-state index in [2.05, 4.69) is 19.2 Å². The Balaban J connectivity index is 2.32. The second kappa shape index (κ2) is 5.50. The van der Waals surface area contributed by atoms with E-state index in [-0.39, 0.29) is 5.54 Å². The lowest BCUT2D eigenvalue weighted by Crippen LogP contribution is -2.46. The molecule has 1 unspecified atom stereocenters. The molecule has 0 bridgehead atoms. The molecule has 1 aromatic carbocycles. The van der Waals surface area contributed by atoms with Crippen LogP contribution in [-0.4, -0.2) is 19.2 Å². The van der Waals surface area contributed by atoms with Gasteiger partial charge in [-0.05, 0) is 43.9 Å². The Hall–Kier alpha value is -0.730. The number of benzene rings is 1. The Morgan fingerprint density at radius 3 is 2.78 bits per heavy atom. The summed E-state index contributed by atoms with van der Waals surface area (Å²) in [6, 6.07) is 5.88. The van der Waals surface area contributed by atoms with Crippen LogP contribution in [0.3, 0.4) is 0 Å². The molecule has 1 fully saturated rings. The molecule has 100 valence electrons. The van der Waals surface area contributed by atoms with Crippen LogP contribution >= 0.6 is 11.6 Å². The molecule has 1 N–H and O–H groups in total. The predicted octanol–water partition coefficient (Wildman–Crippen LogP) is 3.67. The van der Waals surface area contributed by atoms with Gasteiger partial charge >= 0.3 is 0 Å². The molecule has 0 aromatic heterocycles. The summed E-state index contributed by atoms with van der Waals surface area (Å²) in [5.41, 5.74) is 1.29. The molecule has 0 saturated carbocycles. The zero-order chi connectivity index (χ0) is 13.2. The van der Waals surface area contributed by atoms with E-state index in [0.29, 0.717) is 5.92 Å². The first kappa shape index (κ1) is 13.7. The van der Waals surface area contributed by atoms with Crippen molar-refractivity contribution in [2.45, 2.75) is 38.6 Å². The first-order valence-electron chi connectivity index (χ1n) is 6.65. The number of halogens is 1. The maximum Gasteiger partial charge on any atom is 0.123 e. The Morgan fingerprint density at radius 2 is 2.22 bits per heavy atom. The summed E-state index contributed by atoms with van der Waals surface area (Å²) >= 11 is 6.35. The number of methoxy groups -OCH3 is 1. The first-order valence-corrected chi connectivity index (χ1v) is 7.03. The third kappa shape index (κ3) is 2.50. The quantitative estimate of drug-likeness (QED) is 0.899. The molecule has 1 atom stereocenters. The minimum atomic E-state index is 0.165. The van der Waals surface area contributed by atoms with Crippen molar-refractivity contribution in [1.29, 1.82) is 0 Å². The molecule has 1 heterocycles. The van der Waals surface area contributed by atoms with Gasteiger partial charge in [0.05, 0.1) is 7.11 Å². The highest BCUT2D eigenvalue weighted by Gasteiger charge is 2.37. The minimum absolute atomic E-state index is 0.165. The van der Waals surface area contributed by atoms with Crippen molar-refractivity contribution in [3.63, 3.8) is 0 Å². The standard InChI is InChI=1S/C15H22ClNO/c1-11(2)15(8-5-9-17-15)10-12-13(16)6-4-7-14(12)18-3/h4,6-7,11,17H,5,8-10H2,1-3H3.